The first-order chi connectivity index (χ1) is 7.52. The van der Waals surface area contributed by atoms with Crippen molar-refractivity contribution in [2.45, 2.75) is 39.8 Å². The van der Waals surface area contributed by atoms with E-state index in [1.54, 1.807) is 11.3 Å². The minimum atomic E-state index is -0.292. The van der Waals surface area contributed by atoms with Crippen LogP contribution in [0.5, 0.6) is 0 Å². The Kier molecular flexibility index (Phi) is 4.89. The highest BCUT2D eigenvalue weighted by molar-refractivity contribution is 7.09. The second kappa shape index (κ2) is 5.96. The third-order valence-electron chi connectivity index (χ3n) is 2.36. The molecular formula is C11H19N3OS. The molecule has 1 aromatic heterocycles. The van der Waals surface area contributed by atoms with Gasteiger partial charge in [0.25, 0.3) is 0 Å². The van der Waals surface area contributed by atoms with Gasteiger partial charge in [0, 0.05) is 18.0 Å². The van der Waals surface area contributed by atoms with Crippen molar-refractivity contribution in [1.29, 1.82) is 0 Å². The van der Waals surface area contributed by atoms with Crippen LogP contribution >= 0.6 is 11.3 Å². The predicted octanol–water partition coefficient (Wildman–Crippen LogP) is 1.40. The number of nitrogens with two attached hydrogens (primary N) is 1. The second-order valence-corrected chi connectivity index (χ2v) is 4.99. The quantitative estimate of drug-likeness (QED) is 0.819. The molecule has 0 bridgehead atoms. The molecule has 0 radical (unpaired) electrons. The van der Waals surface area contributed by atoms with Gasteiger partial charge in [-0.1, -0.05) is 6.92 Å². The average Bonchev–Trinajstić information content (AvgIpc) is 2.63. The van der Waals surface area contributed by atoms with Gasteiger partial charge in [0.2, 0.25) is 5.91 Å². The highest BCUT2D eigenvalue weighted by Crippen LogP contribution is 2.13. The normalized spacial score (nSPS) is 11.3. The smallest absolute Gasteiger partial charge is 0.231 e. The summed E-state index contributed by atoms with van der Waals surface area (Å²) < 4.78 is 0. The fraction of sp³-hybridized carbons (Fsp3) is 0.636. The van der Waals surface area contributed by atoms with E-state index in [4.69, 9.17) is 5.73 Å². The fourth-order valence-corrected chi connectivity index (χ4v) is 2.15. The molecule has 0 aliphatic carbocycles. The molecule has 0 saturated carbocycles. The zero-order valence-electron chi connectivity index (χ0n) is 10.1. The highest BCUT2D eigenvalue weighted by atomic mass is 32.1. The molecule has 0 aliphatic rings. The molecular weight excluding hydrogens is 222 g/mol. The summed E-state index contributed by atoms with van der Waals surface area (Å²) in [6, 6.07) is 0.291. The lowest BCUT2D eigenvalue weighted by Crippen LogP contribution is -2.38. The summed E-state index contributed by atoms with van der Waals surface area (Å²) in [4.78, 5) is 17.4. The molecule has 0 aromatic carbocycles. The lowest BCUT2D eigenvalue weighted by atomic mass is 10.3. The van der Waals surface area contributed by atoms with E-state index in [1.165, 1.54) is 0 Å². The van der Waals surface area contributed by atoms with Crippen molar-refractivity contribution in [2.24, 2.45) is 5.73 Å². The molecule has 0 aliphatic heterocycles. The van der Waals surface area contributed by atoms with Crippen LogP contribution in [0.1, 0.15) is 31.5 Å². The van der Waals surface area contributed by atoms with E-state index in [0.717, 1.165) is 17.1 Å². The molecule has 90 valence electrons. The maximum atomic E-state index is 10.9. The number of thiazole rings is 1. The average molecular weight is 241 g/mol. The lowest BCUT2D eigenvalue weighted by Gasteiger charge is -2.23. The van der Waals surface area contributed by atoms with E-state index < -0.39 is 0 Å². The van der Waals surface area contributed by atoms with E-state index in [1.807, 2.05) is 4.90 Å². The van der Waals surface area contributed by atoms with Crippen molar-refractivity contribution >= 4 is 17.2 Å². The molecule has 0 unspecified atom stereocenters. The van der Waals surface area contributed by atoms with Crippen molar-refractivity contribution in [3.63, 3.8) is 0 Å². The van der Waals surface area contributed by atoms with Crippen LogP contribution in [0.2, 0.25) is 0 Å². The first-order valence-corrected chi connectivity index (χ1v) is 6.36. The molecule has 5 heteroatoms. The van der Waals surface area contributed by atoms with Crippen molar-refractivity contribution in [3.05, 3.63) is 16.1 Å². The number of hydrogen-bond donors (Lipinski definition) is 1. The van der Waals surface area contributed by atoms with Crippen LogP contribution in [0.4, 0.5) is 0 Å². The van der Waals surface area contributed by atoms with Gasteiger partial charge in [-0.25, -0.2) is 4.98 Å². The van der Waals surface area contributed by atoms with Gasteiger partial charge in [-0.2, -0.15) is 0 Å². The minimum absolute atomic E-state index is 0.288. The maximum Gasteiger partial charge on any atom is 0.231 e. The van der Waals surface area contributed by atoms with Crippen molar-refractivity contribution in [3.8, 4) is 0 Å². The van der Waals surface area contributed by atoms with Crippen molar-refractivity contribution in [2.75, 3.05) is 6.54 Å². The summed E-state index contributed by atoms with van der Waals surface area (Å²) in [7, 11) is 0. The molecule has 1 rings (SSSR count). The number of aryl methyl sites for hydroxylation is 1. The molecule has 0 saturated heterocycles. The third-order valence-corrected chi connectivity index (χ3v) is 3.40. The summed E-state index contributed by atoms with van der Waals surface area (Å²) in [6.45, 7) is 7.17. The molecule has 0 spiro atoms. The molecule has 16 heavy (non-hydrogen) atoms. The Bertz CT molecular complexity index is 349. The van der Waals surface area contributed by atoms with E-state index >= 15 is 0 Å². The van der Waals surface area contributed by atoms with Gasteiger partial charge in [-0.15, -0.1) is 11.3 Å². The van der Waals surface area contributed by atoms with Gasteiger partial charge in [0.15, 0.2) is 0 Å². The summed E-state index contributed by atoms with van der Waals surface area (Å²) in [5, 5.41) is 3.19. The number of aromatic nitrogens is 1. The Labute approximate surface area is 100 Å². The highest BCUT2D eigenvalue weighted by Gasteiger charge is 2.14. The van der Waals surface area contributed by atoms with Gasteiger partial charge < -0.3 is 5.73 Å². The Morgan fingerprint density at radius 1 is 1.62 bits per heavy atom. The molecule has 1 aromatic rings. The number of carbonyl (C=O) groups excluding carboxylic acids is 1. The number of carbonyl (C=O) groups is 1. The molecule has 1 heterocycles. The van der Waals surface area contributed by atoms with Crippen LogP contribution < -0.4 is 5.73 Å². The van der Waals surface area contributed by atoms with Crippen LogP contribution in [-0.2, 0) is 17.8 Å². The van der Waals surface area contributed by atoms with Crippen molar-refractivity contribution in [1.82, 2.24) is 9.88 Å². The Morgan fingerprint density at radius 3 is 2.75 bits per heavy atom. The topological polar surface area (TPSA) is 59.2 Å². The summed E-state index contributed by atoms with van der Waals surface area (Å²) in [5.74, 6) is -0.292. The summed E-state index contributed by atoms with van der Waals surface area (Å²) in [6.07, 6.45) is 0.960. The second-order valence-electron chi connectivity index (χ2n) is 4.05. The predicted molar refractivity (Wildman–Crippen MR) is 66.2 cm³/mol. The lowest BCUT2D eigenvalue weighted by molar-refractivity contribution is -0.119. The van der Waals surface area contributed by atoms with Gasteiger partial charge in [0.1, 0.15) is 0 Å². The molecule has 0 fully saturated rings. The minimum Gasteiger partial charge on any atom is -0.369 e. The Hall–Kier alpha value is -0.940. The SMILES string of the molecule is CCc1nc(CN(CC(N)=O)C(C)C)cs1. The van der Waals surface area contributed by atoms with E-state index in [9.17, 15) is 4.79 Å². The van der Waals surface area contributed by atoms with E-state index in [0.29, 0.717) is 12.6 Å². The van der Waals surface area contributed by atoms with E-state index in [-0.39, 0.29) is 12.5 Å². The number of nitrogens with zero attached hydrogens (tertiary/aromatic N) is 2. The third kappa shape index (κ3) is 3.90. The standard InChI is InChI=1S/C11H19N3OS/c1-4-11-13-9(7-16-11)5-14(8(2)3)6-10(12)15/h7-8H,4-6H2,1-3H3,(H2,12,15). The zero-order chi connectivity index (χ0) is 12.1. The van der Waals surface area contributed by atoms with Gasteiger partial charge in [-0.05, 0) is 20.3 Å². The molecule has 0 atom stereocenters. The molecule has 2 N–H and O–H groups in total. The largest absolute Gasteiger partial charge is 0.369 e. The zero-order valence-corrected chi connectivity index (χ0v) is 10.9. The first-order valence-electron chi connectivity index (χ1n) is 5.48. The van der Waals surface area contributed by atoms with Gasteiger partial charge >= 0.3 is 0 Å². The van der Waals surface area contributed by atoms with E-state index in [2.05, 4.69) is 31.1 Å². The van der Waals surface area contributed by atoms with Crippen molar-refractivity contribution < 1.29 is 4.79 Å². The number of primary amides is 1. The fourth-order valence-electron chi connectivity index (χ4n) is 1.41. The maximum absolute atomic E-state index is 10.9. The van der Waals surface area contributed by atoms with Crippen LogP contribution in [0.15, 0.2) is 5.38 Å². The van der Waals surface area contributed by atoms with Crippen LogP contribution in [0, 0.1) is 0 Å². The van der Waals surface area contributed by atoms with Gasteiger partial charge in [-0.3, -0.25) is 9.69 Å². The first kappa shape index (κ1) is 13.1. The Morgan fingerprint density at radius 2 is 2.31 bits per heavy atom. The summed E-state index contributed by atoms with van der Waals surface area (Å²) in [5.41, 5.74) is 6.24. The van der Waals surface area contributed by atoms with Crippen LogP contribution in [-0.4, -0.2) is 28.4 Å². The molecule has 4 nitrogen and oxygen atoms in total. The summed E-state index contributed by atoms with van der Waals surface area (Å²) >= 11 is 1.67. The van der Waals surface area contributed by atoms with Gasteiger partial charge in [0.05, 0.1) is 17.2 Å². The number of amides is 1. The van der Waals surface area contributed by atoms with Crippen LogP contribution in [0.25, 0.3) is 0 Å². The van der Waals surface area contributed by atoms with Crippen LogP contribution in [0.3, 0.4) is 0 Å². The Balaban J connectivity index is 2.63. The number of hydrogen-bond acceptors (Lipinski definition) is 4. The molecule has 1 amide bonds. The number of rotatable bonds is 6. The monoisotopic (exact) mass is 241 g/mol.